The number of benzene rings is 1. The van der Waals surface area contributed by atoms with E-state index < -0.39 is 12.1 Å². The molecule has 0 amide bonds. The van der Waals surface area contributed by atoms with Crippen LogP contribution >= 0.6 is 11.6 Å². The third kappa shape index (κ3) is 5.24. The molecule has 128 valence electrons. The van der Waals surface area contributed by atoms with Crippen LogP contribution in [-0.2, 0) is 21.6 Å². The van der Waals surface area contributed by atoms with Crippen LogP contribution in [0, 0.1) is 0 Å². The Hall–Kier alpha value is -2.07. The maximum atomic E-state index is 12.1. The number of esters is 1. The maximum absolute atomic E-state index is 12.1. The smallest absolute Gasteiger partial charge is 0.347 e. The first-order valence-electron chi connectivity index (χ1n) is 7.80. The number of hydrogen-bond donors (Lipinski definition) is 0. The van der Waals surface area contributed by atoms with Gasteiger partial charge in [-0.3, -0.25) is 0 Å². The monoisotopic (exact) mass is 347 g/mol. The Balaban J connectivity index is 1.93. The predicted octanol–water partition coefficient (Wildman–Crippen LogP) is 4.54. The average Bonchev–Trinajstić information content (AvgIpc) is 2.53. The van der Waals surface area contributed by atoms with Crippen LogP contribution in [0.1, 0.15) is 38.8 Å². The normalized spacial score (nSPS) is 12.5. The van der Waals surface area contributed by atoms with E-state index in [1.54, 1.807) is 25.3 Å². The second-order valence-corrected chi connectivity index (χ2v) is 7.02. The Kier molecular flexibility index (Phi) is 5.84. The lowest BCUT2D eigenvalue weighted by molar-refractivity contribution is -0.152. The van der Waals surface area contributed by atoms with E-state index in [2.05, 4.69) is 25.8 Å². The van der Waals surface area contributed by atoms with Gasteiger partial charge in [0.15, 0.2) is 6.10 Å². The zero-order valence-electron chi connectivity index (χ0n) is 14.4. The van der Waals surface area contributed by atoms with Gasteiger partial charge in [0.05, 0.1) is 0 Å². The quantitative estimate of drug-likeness (QED) is 0.588. The molecule has 0 saturated heterocycles. The van der Waals surface area contributed by atoms with E-state index in [9.17, 15) is 4.79 Å². The molecule has 1 aromatic carbocycles. The molecule has 0 radical (unpaired) electrons. The second kappa shape index (κ2) is 7.67. The van der Waals surface area contributed by atoms with Crippen molar-refractivity contribution in [3.8, 4) is 5.75 Å². The van der Waals surface area contributed by atoms with Gasteiger partial charge in [0, 0.05) is 11.8 Å². The predicted molar refractivity (Wildman–Crippen MR) is 94.3 cm³/mol. The first-order chi connectivity index (χ1) is 11.3. The summed E-state index contributed by atoms with van der Waals surface area (Å²) in [6.07, 6.45) is 0.883. The summed E-state index contributed by atoms with van der Waals surface area (Å²) < 4.78 is 11.0. The zero-order chi connectivity index (χ0) is 17.7. The second-order valence-electron chi connectivity index (χ2n) is 6.63. The molecule has 0 bridgehead atoms. The Morgan fingerprint density at radius 3 is 2.62 bits per heavy atom. The lowest BCUT2D eigenvalue weighted by atomic mass is 9.87. The van der Waals surface area contributed by atoms with Gasteiger partial charge in [-0.15, -0.1) is 0 Å². The van der Waals surface area contributed by atoms with Crippen LogP contribution in [0.3, 0.4) is 0 Å². The molecule has 24 heavy (non-hydrogen) atoms. The van der Waals surface area contributed by atoms with E-state index in [0.717, 1.165) is 11.1 Å². The van der Waals surface area contributed by atoms with Crippen LogP contribution in [-0.4, -0.2) is 17.1 Å². The lowest BCUT2D eigenvalue weighted by Crippen LogP contribution is -2.26. The van der Waals surface area contributed by atoms with Gasteiger partial charge in [0.25, 0.3) is 0 Å². The number of nitrogens with zero attached hydrogens (tertiary/aromatic N) is 1. The summed E-state index contributed by atoms with van der Waals surface area (Å²) in [7, 11) is 0. The molecule has 4 nitrogen and oxygen atoms in total. The first-order valence-corrected chi connectivity index (χ1v) is 8.18. The molecule has 0 aliphatic carbocycles. The van der Waals surface area contributed by atoms with E-state index in [1.165, 1.54) is 0 Å². The molecule has 0 aliphatic rings. The van der Waals surface area contributed by atoms with Crippen molar-refractivity contribution < 1.29 is 14.3 Å². The molecule has 2 aromatic rings. The Morgan fingerprint density at radius 1 is 1.25 bits per heavy atom. The molecule has 1 unspecified atom stereocenters. The van der Waals surface area contributed by atoms with Gasteiger partial charge in [0.1, 0.15) is 17.5 Å². The highest BCUT2D eigenvalue weighted by atomic mass is 35.5. The van der Waals surface area contributed by atoms with Crippen LogP contribution in [0.4, 0.5) is 0 Å². The number of hydrogen-bond acceptors (Lipinski definition) is 4. The summed E-state index contributed by atoms with van der Waals surface area (Å²) in [5, 5.41) is 0.403. The van der Waals surface area contributed by atoms with Crippen LogP contribution in [0.15, 0.2) is 42.6 Å². The molecule has 0 saturated carbocycles. The van der Waals surface area contributed by atoms with Gasteiger partial charge >= 0.3 is 5.97 Å². The molecule has 5 heteroatoms. The summed E-state index contributed by atoms with van der Waals surface area (Å²) in [5.74, 6) is 0.228. The molecule has 0 N–H and O–H groups in total. The Morgan fingerprint density at radius 2 is 2.00 bits per heavy atom. The minimum atomic E-state index is -0.694. The van der Waals surface area contributed by atoms with E-state index in [-0.39, 0.29) is 12.0 Å². The standard InChI is InChI=1S/C19H22ClNO3/c1-13(18(22)23-12-14-8-9-17(20)21-11-14)24-16-7-5-6-15(10-16)19(2,3)4/h5-11,13H,12H2,1-4H3. The van der Waals surface area contributed by atoms with Crippen LogP contribution < -0.4 is 4.74 Å². The highest BCUT2D eigenvalue weighted by molar-refractivity contribution is 6.29. The number of carbonyl (C=O) groups is 1. The minimum absolute atomic E-state index is 0.0186. The summed E-state index contributed by atoms with van der Waals surface area (Å²) in [6, 6.07) is 11.2. The highest BCUT2D eigenvalue weighted by Gasteiger charge is 2.18. The molecule has 0 aliphatic heterocycles. The molecule has 1 heterocycles. The van der Waals surface area contributed by atoms with Crippen molar-refractivity contribution in [2.45, 2.75) is 45.8 Å². The van der Waals surface area contributed by atoms with Gasteiger partial charge < -0.3 is 9.47 Å². The van der Waals surface area contributed by atoms with Gasteiger partial charge in [-0.05, 0) is 36.1 Å². The van der Waals surface area contributed by atoms with Gasteiger partial charge in [-0.2, -0.15) is 0 Å². The topological polar surface area (TPSA) is 48.4 Å². The van der Waals surface area contributed by atoms with Gasteiger partial charge in [-0.25, -0.2) is 9.78 Å². The van der Waals surface area contributed by atoms with Crippen molar-refractivity contribution in [1.29, 1.82) is 0 Å². The number of rotatable bonds is 5. The zero-order valence-corrected chi connectivity index (χ0v) is 15.1. The molecular formula is C19H22ClNO3. The highest BCUT2D eigenvalue weighted by Crippen LogP contribution is 2.26. The van der Waals surface area contributed by atoms with Gasteiger partial charge in [0.2, 0.25) is 0 Å². The van der Waals surface area contributed by atoms with E-state index >= 15 is 0 Å². The molecule has 2 rings (SSSR count). The SMILES string of the molecule is CC(Oc1cccc(C(C)(C)C)c1)C(=O)OCc1ccc(Cl)nc1. The summed E-state index contributed by atoms with van der Waals surface area (Å²) in [4.78, 5) is 16.0. The Bertz CT molecular complexity index is 693. The van der Waals surface area contributed by atoms with Crippen molar-refractivity contribution in [1.82, 2.24) is 4.98 Å². The molecule has 1 aromatic heterocycles. The molecule has 0 spiro atoms. The summed E-state index contributed by atoms with van der Waals surface area (Å²) >= 11 is 5.72. The van der Waals surface area contributed by atoms with Crippen LogP contribution in [0.2, 0.25) is 5.15 Å². The third-order valence-electron chi connectivity index (χ3n) is 3.51. The van der Waals surface area contributed by atoms with Crippen molar-refractivity contribution in [2.75, 3.05) is 0 Å². The Labute approximate surface area is 147 Å². The van der Waals surface area contributed by atoms with E-state index in [1.807, 2.05) is 24.3 Å². The number of aromatic nitrogens is 1. The lowest BCUT2D eigenvalue weighted by Gasteiger charge is -2.20. The summed E-state index contributed by atoms with van der Waals surface area (Å²) in [6.45, 7) is 8.20. The largest absolute Gasteiger partial charge is 0.479 e. The van der Waals surface area contributed by atoms with Crippen molar-refractivity contribution >= 4 is 17.6 Å². The fraction of sp³-hybridized carbons (Fsp3) is 0.368. The number of pyridine rings is 1. The summed E-state index contributed by atoms with van der Waals surface area (Å²) in [5.41, 5.74) is 1.94. The number of ether oxygens (including phenoxy) is 2. The van der Waals surface area contributed by atoms with Gasteiger partial charge in [-0.1, -0.05) is 50.6 Å². The molecule has 1 atom stereocenters. The number of carbonyl (C=O) groups excluding carboxylic acids is 1. The fourth-order valence-corrected chi connectivity index (χ4v) is 2.16. The van der Waals surface area contributed by atoms with Crippen LogP contribution in [0.5, 0.6) is 5.75 Å². The molecule has 0 fully saturated rings. The van der Waals surface area contributed by atoms with Crippen molar-refractivity contribution in [3.63, 3.8) is 0 Å². The maximum Gasteiger partial charge on any atom is 0.347 e. The van der Waals surface area contributed by atoms with E-state index in [4.69, 9.17) is 21.1 Å². The van der Waals surface area contributed by atoms with E-state index in [0.29, 0.717) is 10.9 Å². The first kappa shape index (κ1) is 18.3. The number of halogens is 1. The van der Waals surface area contributed by atoms with Crippen molar-refractivity contribution in [2.24, 2.45) is 0 Å². The van der Waals surface area contributed by atoms with Crippen molar-refractivity contribution in [3.05, 3.63) is 58.9 Å². The fourth-order valence-electron chi connectivity index (χ4n) is 2.05. The van der Waals surface area contributed by atoms with Crippen LogP contribution in [0.25, 0.3) is 0 Å². The average molecular weight is 348 g/mol. The molecular weight excluding hydrogens is 326 g/mol. The minimum Gasteiger partial charge on any atom is -0.479 e. The third-order valence-corrected chi connectivity index (χ3v) is 3.74.